The third-order valence-electron chi connectivity index (χ3n) is 2.51. The molecule has 0 aliphatic rings. The van der Waals surface area contributed by atoms with Gasteiger partial charge in [0.25, 0.3) is 0 Å². The molecule has 0 unspecified atom stereocenters. The first kappa shape index (κ1) is 12.4. The fraction of sp³-hybridized carbons (Fsp3) is 0.286. The largest absolute Gasteiger partial charge is 0.478 e. The summed E-state index contributed by atoms with van der Waals surface area (Å²) in [4.78, 5) is 15.3. The van der Waals surface area contributed by atoms with E-state index in [9.17, 15) is 4.79 Å². The highest BCUT2D eigenvalue weighted by molar-refractivity contribution is 5.98. The second kappa shape index (κ2) is 4.29. The van der Waals surface area contributed by atoms with Crippen LogP contribution in [0.25, 0.3) is 10.8 Å². The van der Waals surface area contributed by atoms with E-state index in [0.717, 1.165) is 10.8 Å². The number of nitrogens with zero attached hydrogens (tertiary/aromatic N) is 1. The van der Waals surface area contributed by atoms with Gasteiger partial charge in [-0.05, 0) is 44.4 Å². The molecule has 1 aromatic carbocycles. The number of benzene rings is 1. The van der Waals surface area contributed by atoms with Gasteiger partial charge in [0.15, 0.2) is 0 Å². The molecular formula is C14H16N2O2. The lowest BCUT2D eigenvalue weighted by Gasteiger charge is -2.22. The van der Waals surface area contributed by atoms with E-state index in [4.69, 9.17) is 5.11 Å². The molecular weight excluding hydrogens is 228 g/mol. The Morgan fingerprint density at radius 3 is 2.61 bits per heavy atom. The van der Waals surface area contributed by atoms with Gasteiger partial charge in [-0.3, -0.25) is 0 Å². The number of aromatic carboxylic acids is 1. The Morgan fingerprint density at radius 1 is 1.28 bits per heavy atom. The van der Waals surface area contributed by atoms with Crippen LogP contribution in [0, 0.1) is 0 Å². The van der Waals surface area contributed by atoms with Crippen molar-refractivity contribution in [3.63, 3.8) is 0 Å². The van der Waals surface area contributed by atoms with Crippen molar-refractivity contribution < 1.29 is 9.90 Å². The molecule has 2 aromatic rings. The summed E-state index contributed by atoms with van der Waals surface area (Å²) < 4.78 is 0. The van der Waals surface area contributed by atoms with Crippen LogP contribution in [-0.2, 0) is 0 Å². The number of fused-ring (bicyclic) bond motifs is 1. The Balaban J connectivity index is 2.59. The first-order valence-corrected chi connectivity index (χ1v) is 5.77. The molecule has 0 amide bonds. The maximum Gasteiger partial charge on any atom is 0.335 e. The maximum atomic E-state index is 11.0. The third-order valence-corrected chi connectivity index (χ3v) is 2.51. The molecule has 18 heavy (non-hydrogen) atoms. The van der Waals surface area contributed by atoms with E-state index in [-0.39, 0.29) is 11.1 Å². The van der Waals surface area contributed by atoms with Crippen molar-refractivity contribution in [2.24, 2.45) is 0 Å². The Labute approximate surface area is 106 Å². The number of hydrogen-bond acceptors (Lipinski definition) is 3. The van der Waals surface area contributed by atoms with Crippen LogP contribution >= 0.6 is 0 Å². The molecule has 1 aromatic heterocycles. The molecule has 2 rings (SSSR count). The Kier molecular flexibility index (Phi) is 2.95. The van der Waals surface area contributed by atoms with Crippen LogP contribution < -0.4 is 5.32 Å². The second-order valence-corrected chi connectivity index (χ2v) is 5.28. The minimum Gasteiger partial charge on any atom is -0.478 e. The third kappa shape index (κ3) is 2.59. The minimum atomic E-state index is -0.928. The zero-order valence-corrected chi connectivity index (χ0v) is 10.7. The van der Waals surface area contributed by atoms with Gasteiger partial charge in [0, 0.05) is 17.1 Å². The monoisotopic (exact) mass is 244 g/mol. The van der Waals surface area contributed by atoms with Crippen molar-refractivity contribution in [3.8, 4) is 0 Å². The van der Waals surface area contributed by atoms with Crippen LogP contribution in [0.15, 0.2) is 30.5 Å². The summed E-state index contributed by atoms with van der Waals surface area (Å²) in [6.07, 6.45) is 1.72. The van der Waals surface area contributed by atoms with E-state index in [0.29, 0.717) is 5.82 Å². The van der Waals surface area contributed by atoms with Crippen LogP contribution in [0.4, 0.5) is 5.82 Å². The van der Waals surface area contributed by atoms with Gasteiger partial charge in [-0.1, -0.05) is 6.07 Å². The van der Waals surface area contributed by atoms with E-state index in [1.165, 1.54) is 0 Å². The Bertz CT molecular complexity index is 600. The topological polar surface area (TPSA) is 62.2 Å². The Hall–Kier alpha value is -2.10. The number of rotatable bonds is 2. The predicted octanol–water partition coefficient (Wildman–Crippen LogP) is 3.14. The van der Waals surface area contributed by atoms with Crippen molar-refractivity contribution >= 4 is 22.6 Å². The number of carboxylic acids is 1. The maximum absolute atomic E-state index is 11.0. The van der Waals surface area contributed by atoms with Gasteiger partial charge in [-0.25, -0.2) is 9.78 Å². The molecule has 0 atom stereocenters. The minimum absolute atomic E-state index is 0.124. The average Bonchev–Trinajstić information content (AvgIpc) is 2.26. The summed E-state index contributed by atoms with van der Waals surface area (Å²) in [5.74, 6) is -0.217. The summed E-state index contributed by atoms with van der Waals surface area (Å²) in [6, 6.07) is 6.92. The van der Waals surface area contributed by atoms with Gasteiger partial charge in [-0.15, -0.1) is 0 Å². The first-order chi connectivity index (χ1) is 8.37. The van der Waals surface area contributed by atoms with E-state index < -0.39 is 5.97 Å². The number of pyridine rings is 1. The van der Waals surface area contributed by atoms with Crippen LogP contribution in [0.2, 0.25) is 0 Å². The van der Waals surface area contributed by atoms with Crippen LogP contribution in [0.1, 0.15) is 31.1 Å². The lowest BCUT2D eigenvalue weighted by molar-refractivity contribution is 0.0697. The fourth-order valence-corrected chi connectivity index (χ4v) is 1.76. The summed E-state index contributed by atoms with van der Waals surface area (Å²) in [6.45, 7) is 6.11. The van der Waals surface area contributed by atoms with E-state index in [1.807, 2.05) is 26.8 Å². The number of anilines is 1. The van der Waals surface area contributed by atoms with Gasteiger partial charge in [0.1, 0.15) is 5.82 Å². The lowest BCUT2D eigenvalue weighted by atomic mass is 10.1. The smallest absolute Gasteiger partial charge is 0.335 e. The number of carboxylic acid groups (broad SMARTS) is 1. The zero-order chi connectivity index (χ0) is 13.3. The summed E-state index contributed by atoms with van der Waals surface area (Å²) in [5.41, 5.74) is 0.146. The molecule has 0 fully saturated rings. The summed E-state index contributed by atoms with van der Waals surface area (Å²) >= 11 is 0. The second-order valence-electron chi connectivity index (χ2n) is 5.28. The molecule has 4 heteroatoms. The van der Waals surface area contributed by atoms with Crippen molar-refractivity contribution in [1.82, 2.24) is 4.98 Å². The molecule has 0 saturated carbocycles. The summed E-state index contributed by atoms with van der Waals surface area (Å²) in [7, 11) is 0. The molecule has 0 radical (unpaired) electrons. The van der Waals surface area contributed by atoms with Crippen LogP contribution in [-0.4, -0.2) is 21.6 Å². The summed E-state index contributed by atoms with van der Waals surface area (Å²) in [5, 5.41) is 14.1. The predicted molar refractivity (Wildman–Crippen MR) is 72.1 cm³/mol. The van der Waals surface area contributed by atoms with Crippen LogP contribution in [0.3, 0.4) is 0 Å². The van der Waals surface area contributed by atoms with Crippen molar-refractivity contribution in [2.45, 2.75) is 26.3 Å². The highest BCUT2D eigenvalue weighted by Gasteiger charge is 2.13. The fourth-order valence-electron chi connectivity index (χ4n) is 1.76. The molecule has 0 spiro atoms. The van der Waals surface area contributed by atoms with Crippen LogP contribution in [0.5, 0.6) is 0 Å². The quantitative estimate of drug-likeness (QED) is 0.851. The zero-order valence-electron chi connectivity index (χ0n) is 10.7. The molecule has 0 aliphatic carbocycles. The lowest BCUT2D eigenvalue weighted by Crippen LogP contribution is -2.26. The van der Waals surface area contributed by atoms with Crippen molar-refractivity contribution in [1.29, 1.82) is 0 Å². The SMILES string of the molecule is CC(C)(C)Nc1nccc2ccc(C(=O)O)cc12. The van der Waals surface area contributed by atoms with Gasteiger partial charge in [-0.2, -0.15) is 0 Å². The molecule has 94 valence electrons. The highest BCUT2D eigenvalue weighted by Crippen LogP contribution is 2.24. The number of hydrogen-bond donors (Lipinski definition) is 2. The van der Waals surface area contributed by atoms with E-state index in [2.05, 4.69) is 10.3 Å². The van der Waals surface area contributed by atoms with E-state index >= 15 is 0 Å². The normalized spacial score (nSPS) is 11.5. The molecule has 0 saturated heterocycles. The first-order valence-electron chi connectivity index (χ1n) is 5.77. The van der Waals surface area contributed by atoms with E-state index in [1.54, 1.807) is 24.4 Å². The average molecular weight is 244 g/mol. The molecule has 2 N–H and O–H groups in total. The molecule has 0 aliphatic heterocycles. The van der Waals surface area contributed by atoms with Gasteiger partial charge >= 0.3 is 5.97 Å². The van der Waals surface area contributed by atoms with Gasteiger partial charge < -0.3 is 10.4 Å². The van der Waals surface area contributed by atoms with Gasteiger partial charge in [0.2, 0.25) is 0 Å². The molecule has 1 heterocycles. The molecule has 0 bridgehead atoms. The number of nitrogens with one attached hydrogen (secondary N) is 1. The number of aromatic nitrogens is 1. The van der Waals surface area contributed by atoms with Crippen molar-refractivity contribution in [3.05, 3.63) is 36.0 Å². The van der Waals surface area contributed by atoms with Crippen molar-refractivity contribution in [2.75, 3.05) is 5.32 Å². The van der Waals surface area contributed by atoms with Gasteiger partial charge in [0.05, 0.1) is 5.56 Å². The molecule has 4 nitrogen and oxygen atoms in total. The standard InChI is InChI=1S/C14H16N2O2/c1-14(2,3)16-12-11-8-10(13(17)18)5-4-9(11)6-7-15-12/h4-8H,1-3H3,(H,15,16)(H,17,18). The number of carbonyl (C=O) groups is 1. The Morgan fingerprint density at radius 2 is 2.00 bits per heavy atom. The highest BCUT2D eigenvalue weighted by atomic mass is 16.4.